The summed E-state index contributed by atoms with van der Waals surface area (Å²) in [4.78, 5) is 12.1. The van der Waals surface area contributed by atoms with Gasteiger partial charge < -0.3 is 15.5 Å². The predicted molar refractivity (Wildman–Crippen MR) is 70.2 cm³/mol. The maximum atomic E-state index is 12.1. The van der Waals surface area contributed by atoms with Gasteiger partial charge in [-0.15, -0.1) is 0 Å². The number of nitrogens with two attached hydrogens (primary N) is 1. The Hall–Kier alpha value is -1.59. The molecule has 5 nitrogen and oxygen atoms in total. The lowest BCUT2D eigenvalue weighted by Gasteiger charge is -2.28. The van der Waals surface area contributed by atoms with Crippen molar-refractivity contribution in [1.29, 1.82) is 0 Å². The molecule has 1 amide bonds. The number of nitrogens with one attached hydrogen (secondary N) is 2. The number of carbonyl (C=O) groups excluding carboxylic acids is 1. The molecule has 98 valence electrons. The number of rotatable bonds is 3. The number of nitrogen functional groups attached to an aromatic ring is 1. The van der Waals surface area contributed by atoms with Crippen LogP contribution in [0.1, 0.15) is 30.6 Å². The Labute approximate surface area is 107 Å². The summed E-state index contributed by atoms with van der Waals surface area (Å²) in [5.41, 5.74) is 3.63. The topological polar surface area (TPSA) is 76.4 Å². The van der Waals surface area contributed by atoms with Gasteiger partial charge in [0, 0.05) is 17.9 Å². The Morgan fingerprint density at radius 2 is 2.11 bits per heavy atom. The number of amides is 1. The van der Waals surface area contributed by atoms with Crippen LogP contribution in [-0.2, 0) is 4.74 Å². The molecule has 0 aromatic heterocycles. The zero-order valence-electron chi connectivity index (χ0n) is 10.7. The minimum absolute atomic E-state index is 0.0337. The van der Waals surface area contributed by atoms with Gasteiger partial charge in [-0.2, -0.15) is 0 Å². The highest BCUT2D eigenvalue weighted by atomic mass is 16.5. The van der Waals surface area contributed by atoms with Gasteiger partial charge >= 0.3 is 0 Å². The van der Waals surface area contributed by atoms with Crippen LogP contribution in [0.25, 0.3) is 0 Å². The van der Waals surface area contributed by atoms with Gasteiger partial charge in [-0.3, -0.25) is 10.6 Å². The largest absolute Gasteiger partial charge is 0.376 e. The van der Waals surface area contributed by atoms with Crippen molar-refractivity contribution < 1.29 is 9.53 Å². The first-order valence-corrected chi connectivity index (χ1v) is 6.06. The van der Waals surface area contributed by atoms with Crippen molar-refractivity contribution in [3.63, 3.8) is 0 Å². The van der Waals surface area contributed by atoms with Crippen molar-refractivity contribution >= 4 is 11.6 Å². The second-order valence-corrected chi connectivity index (χ2v) is 4.86. The number of hydrazine groups is 1. The van der Waals surface area contributed by atoms with Crippen molar-refractivity contribution in [1.82, 2.24) is 5.32 Å². The van der Waals surface area contributed by atoms with Gasteiger partial charge in [-0.05, 0) is 44.5 Å². The zero-order valence-corrected chi connectivity index (χ0v) is 10.7. The molecule has 2 rings (SSSR count). The molecule has 1 saturated heterocycles. The Bertz CT molecular complexity index is 432. The van der Waals surface area contributed by atoms with Crippen LogP contribution in [0.15, 0.2) is 24.3 Å². The van der Waals surface area contributed by atoms with Crippen molar-refractivity contribution in [3.05, 3.63) is 29.8 Å². The lowest BCUT2D eigenvalue weighted by Crippen LogP contribution is -2.50. The fourth-order valence-corrected chi connectivity index (χ4v) is 2.05. The lowest BCUT2D eigenvalue weighted by molar-refractivity contribution is 0.0727. The summed E-state index contributed by atoms with van der Waals surface area (Å²) < 4.78 is 5.50. The third-order valence-corrected chi connectivity index (χ3v) is 3.60. The van der Waals surface area contributed by atoms with Crippen molar-refractivity contribution in [2.45, 2.75) is 31.9 Å². The second kappa shape index (κ2) is 4.96. The molecular formula is C13H19N3O2. The first kappa shape index (κ1) is 12.9. The van der Waals surface area contributed by atoms with Gasteiger partial charge in [-0.25, -0.2) is 0 Å². The Kier molecular flexibility index (Phi) is 3.54. The molecule has 0 radical (unpaired) electrons. The molecule has 1 aromatic carbocycles. The van der Waals surface area contributed by atoms with Crippen LogP contribution in [-0.4, -0.2) is 24.2 Å². The van der Waals surface area contributed by atoms with Crippen LogP contribution < -0.4 is 16.6 Å². The van der Waals surface area contributed by atoms with E-state index in [4.69, 9.17) is 10.6 Å². The standard InChI is InChI=1S/C13H19N3O2/c1-9-13(2,7-8-18-9)15-12(17)10-3-5-11(16-14)6-4-10/h3-6,9,16H,7-8,14H2,1-2H3,(H,15,17). The summed E-state index contributed by atoms with van der Waals surface area (Å²) >= 11 is 0. The van der Waals surface area contributed by atoms with E-state index in [1.807, 2.05) is 13.8 Å². The fraction of sp³-hybridized carbons (Fsp3) is 0.462. The van der Waals surface area contributed by atoms with Gasteiger partial charge in [0.1, 0.15) is 0 Å². The van der Waals surface area contributed by atoms with Crippen LogP contribution in [0, 0.1) is 0 Å². The number of anilines is 1. The summed E-state index contributed by atoms with van der Waals surface area (Å²) in [6.45, 7) is 4.68. The molecule has 1 aliphatic rings. The van der Waals surface area contributed by atoms with Gasteiger partial charge in [0.25, 0.3) is 5.91 Å². The first-order chi connectivity index (χ1) is 8.55. The normalized spacial score (nSPS) is 26.9. The fourth-order valence-electron chi connectivity index (χ4n) is 2.05. The van der Waals surface area contributed by atoms with Crippen LogP contribution in [0.2, 0.25) is 0 Å². The van der Waals surface area contributed by atoms with E-state index in [9.17, 15) is 4.79 Å². The minimum Gasteiger partial charge on any atom is -0.376 e. The lowest BCUT2D eigenvalue weighted by atomic mass is 9.94. The molecule has 0 bridgehead atoms. The minimum atomic E-state index is -0.290. The second-order valence-electron chi connectivity index (χ2n) is 4.86. The van der Waals surface area contributed by atoms with E-state index in [1.54, 1.807) is 24.3 Å². The maximum absolute atomic E-state index is 12.1. The van der Waals surface area contributed by atoms with Crippen molar-refractivity contribution in [2.75, 3.05) is 12.0 Å². The molecule has 1 aromatic rings. The van der Waals surface area contributed by atoms with E-state index in [2.05, 4.69) is 10.7 Å². The highest BCUT2D eigenvalue weighted by molar-refractivity contribution is 5.95. The summed E-state index contributed by atoms with van der Waals surface area (Å²) in [6, 6.07) is 7.03. The molecule has 5 heteroatoms. The summed E-state index contributed by atoms with van der Waals surface area (Å²) in [5, 5.41) is 3.04. The monoisotopic (exact) mass is 249 g/mol. The molecule has 1 heterocycles. The number of ether oxygens (including phenoxy) is 1. The van der Waals surface area contributed by atoms with Gasteiger partial charge in [0.2, 0.25) is 0 Å². The molecule has 1 aliphatic heterocycles. The van der Waals surface area contributed by atoms with Gasteiger partial charge in [0.15, 0.2) is 0 Å². The third-order valence-electron chi connectivity index (χ3n) is 3.60. The van der Waals surface area contributed by atoms with Crippen LogP contribution in [0.4, 0.5) is 5.69 Å². The molecule has 4 N–H and O–H groups in total. The van der Waals surface area contributed by atoms with Crippen LogP contribution in [0.3, 0.4) is 0 Å². The summed E-state index contributed by atoms with van der Waals surface area (Å²) in [6.07, 6.45) is 0.869. The number of carbonyl (C=O) groups is 1. The Morgan fingerprint density at radius 3 is 2.61 bits per heavy atom. The van der Waals surface area contributed by atoms with Crippen molar-refractivity contribution in [2.24, 2.45) is 5.84 Å². The molecule has 1 fully saturated rings. The zero-order chi connectivity index (χ0) is 13.2. The average molecular weight is 249 g/mol. The van der Waals surface area contributed by atoms with E-state index in [0.717, 1.165) is 12.1 Å². The van der Waals surface area contributed by atoms with Crippen LogP contribution >= 0.6 is 0 Å². The van der Waals surface area contributed by atoms with Gasteiger partial charge in [0.05, 0.1) is 11.6 Å². The molecule has 18 heavy (non-hydrogen) atoms. The highest BCUT2D eigenvalue weighted by Gasteiger charge is 2.38. The quantitative estimate of drug-likeness (QED) is 0.557. The smallest absolute Gasteiger partial charge is 0.251 e. The van der Waals surface area contributed by atoms with Crippen LogP contribution in [0.5, 0.6) is 0 Å². The van der Waals surface area contributed by atoms with E-state index in [0.29, 0.717) is 12.2 Å². The number of hydrogen-bond acceptors (Lipinski definition) is 4. The van der Waals surface area contributed by atoms with Gasteiger partial charge in [-0.1, -0.05) is 0 Å². The molecule has 2 unspecified atom stereocenters. The average Bonchev–Trinajstić information content (AvgIpc) is 2.69. The summed E-state index contributed by atoms with van der Waals surface area (Å²) in [7, 11) is 0. The molecule has 0 spiro atoms. The molecule has 2 atom stereocenters. The SMILES string of the molecule is CC1OCCC1(C)NC(=O)c1ccc(NN)cc1. The molecule has 0 aliphatic carbocycles. The Balaban J connectivity index is 2.07. The maximum Gasteiger partial charge on any atom is 0.251 e. The summed E-state index contributed by atoms with van der Waals surface area (Å²) in [5.74, 6) is 5.20. The Morgan fingerprint density at radius 1 is 1.44 bits per heavy atom. The van der Waals surface area contributed by atoms with E-state index < -0.39 is 0 Å². The third kappa shape index (κ3) is 2.47. The number of benzene rings is 1. The van der Waals surface area contributed by atoms with E-state index in [-0.39, 0.29) is 17.6 Å². The highest BCUT2D eigenvalue weighted by Crippen LogP contribution is 2.25. The van der Waals surface area contributed by atoms with Crippen molar-refractivity contribution in [3.8, 4) is 0 Å². The predicted octanol–water partition coefficient (Wildman–Crippen LogP) is 1.27. The first-order valence-electron chi connectivity index (χ1n) is 6.06. The number of hydrogen-bond donors (Lipinski definition) is 3. The molecule has 0 saturated carbocycles. The molecular weight excluding hydrogens is 230 g/mol. The van der Waals surface area contributed by atoms with E-state index in [1.165, 1.54) is 0 Å². The van der Waals surface area contributed by atoms with E-state index >= 15 is 0 Å².